The number of thiophene rings is 1. The fourth-order valence-electron chi connectivity index (χ4n) is 1.61. The molecule has 0 aliphatic heterocycles. The Bertz CT molecular complexity index is 497. The number of hydrogen-bond acceptors (Lipinski definition) is 6. The molecule has 1 rings (SSSR count). The van der Waals surface area contributed by atoms with Crippen LogP contribution in [0.15, 0.2) is 4.90 Å². The molecule has 1 heterocycles. The van der Waals surface area contributed by atoms with Crippen molar-refractivity contribution in [2.45, 2.75) is 31.2 Å². The minimum absolute atomic E-state index is 0.0142. The van der Waals surface area contributed by atoms with Gasteiger partial charge >= 0.3 is 0 Å². The van der Waals surface area contributed by atoms with Crippen molar-refractivity contribution >= 4 is 39.7 Å². The maximum Gasteiger partial charge on any atom is 0.263 e. The van der Waals surface area contributed by atoms with Gasteiger partial charge in [0.2, 0.25) is 0 Å². The van der Waals surface area contributed by atoms with Crippen molar-refractivity contribution < 1.29 is 4.79 Å². The van der Waals surface area contributed by atoms with Crippen LogP contribution in [0.25, 0.3) is 0 Å². The molecule has 5 nitrogen and oxygen atoms in total. The highest BCUT2D eigenvalue weighted by Gasteiger charge is 2.24. The van der Waals surface area contributed by atoms with Crippen LogP contribution < -0.4 is 16.4 Å². The van der Waals surface area contributed by atoms with Crippen LogP contribution in [0, 0.1) is 0 Å². The fraction of sp³-hybridized carbons (Fsp3) is 0.643. The smallest absolute Gasteiger partial charge is 0.263 e. The summed E-state index contributed by atoms with van der Waals surface area (Å²) in [4.78, 5) is 15.7. The molecule has 1 aromatic rings. The Hall–Kier alpha value is -0.920. The lowest BCUT2D eigenvalue weighted by atomic mass is 10.0. The molecule has 0 saturated heterocycles. The Balaban J connectivity index is 2.97. The molecule has 0 fully saturated rings. The van der Waals surface area contributed by atoms with Crippen LogP contribution in [0.3, 0.4) is 0 Å². The lowest BCUT2D eigenvalue weighted by Crippen LogP contribution is -2.44. The number of anilines is 2. The Kier molecular flexibility index (Phi) is 6.37. The van der Waals surface area contributed by atoms with Gasteiger partial charge in [-0.2, -0.15) is 0 Å². The highest BCUT2D eigenvalue weighted by Crippen LogP contribution is 2.41. The second-order valence-electron chi connectivity index (χ2n) is 5.63. The first-order valence-corrected chi connectivity index (χ1v) is 8.94. The van der Waals surface area contributed by atoms with E-state index in [9.17, 15) is 4.79 Å². The third kappa shape index (κ3) is 4.28. The molecule has 1 amide bonds. The van der Waals surface area contributed by atoms with E-state index in [1.165, 1.54) is 11.3 Å². The predicted octanol–water partition coefficient (Wildman–Crippen LogP) is 2.55. The predicted molar refractivity (Wildman–Crippen MR) is 94.8 cm³/mol. The van der Waals surface area contributed by atoms with E-state index in [0.717, 1.165) is 16.4 Å². The van der Waals surface area contributed by atoms with E-state index in [1.807, 2.05) is 13.2 Å². The van der Waals surface area contributed by atoms with Crippen molar-refractivity contribution in [3.63, 3.8) is 0 Å². The Labute approximate surface area is 135 Å². The summed E-state index contributed by atoms with van der Waals surface area (Å²) in [5.41, 5.74) is 6.71. The normalized spacial score (nSPS) is 11.8. The van der Waals surface area contributed by atoms with E-state index in [4.69, 9.17) is 5.73 Å². The van der Waals surface area contributed by atoms with Gasteiger partial charge in [-0.1, -0.05) is 0 Å². The van der Waals surface area contributed by atoms with Crippen LogP contribution in [-0.4, -0.2) is 49.8 Å². The van der Waals surface area contributed by atoms with Gasteiger partial charge < -0.3 is 21.3 Å². The molecule has 0 unspecified atom stereocenters. The number of carbonyl (C=O) groups excluding carboxylic acids is 1. The standard InChI is InChI=1S/C14H26N4OS2/c1-7-16-12(19)10-9(15)11(20-6)13(21-10)17-8-14(2,3)18(4)5/h17H,7-8,15H2,1-6H3,(H,16,19). The molecular formula is C14H26N4OS2. The number of nitrogens with two attached hydrogens (primary N) is 1. The number of carbonyl (C=O) groups is 1. The number of rotatable bonds is 7. The summed E-state index contributed by atoms with van der Waals surface area (Å²) in [6, 6.07) is 0. The van der Waals surface area contributed by atoms with Crippen LogP contribution in [0.5, 0.6) is 0 Å². The number of hydrogen-bond donors (Lipinski definition) is 3. The molecule has 0 aliphatic carbocycles. The van der Waals surface area contributed by atoms with Crippen molar-refractivity contribution in [1.29, 1.82) is 0 Å². The third-order valence-electron chi connectivity index (χ3n) is 3.54. The highest BCUT2D eigenvalue weighted by atomic mass is 32.2. The Morgan fingerprint density at radius 1 is 1.43 bits per heavy atom. The Morgan fingerprint density at radius 2 is 2.05 bits per heavy atom. The van der Waals surface area contributed by atoms with Crippen LogP contribution in [0.1, 0.15) is 30.4 Å². The summed E-state index contributed by atoms with van der Waals surface area (Å²) in [6.07, 6.45) is 1.97. The van der Waals surface area contributed by atoms with Gasteiger partial charge in [0, 0.05) is 18.6 Å². The summed E-state index contributed by atoms with van der Waals surface area (Å²) in [5.74, 6) is -0.102. The zero-order chi connectivity index (χ0) is 16.2. The second kappa shape index (κ2) is 7.38. The summed E-state index contributed by atoms with van der Waals surface area (Å²) in [7, 11) is 4.11. The molecular weight excluding hydrogens is 304 g/mol. The number of nitrogens with one attached hydrogen (secondary N) is 2. The quantitative estimate of drug-likeness (QED) is 0.670. The zero-order valence-corrected chi connectivity index (χ0v) is 15.3. The molecule has 7 heteroatoms. The van der Waals surface area contributed by atoms with Gasteiger partial charge in [0.15, 0.2) is 0 Å². The summed E-state index contributed by atoms with van der Waals surface area (Å²) >= 11 is 2.99. The van der Waals surface area contributed by atoms with Crippen molar-refractivity contribution in [3.8, 4) is 0 Å². The monoisotopic (exact) mass is 330 g/mol. The molecule has 0 aliphatic rings. The first-order chi connectivity index (χ1) is 9.74. The van der Waals surface area contributed by atoms with Crippen LogP contribution in [-0.2, 0) is 0 Å². The topological polar surface area (TPSA) is 70.4 Å². The van der Waals surface area contributed by atoms with Gasteiger partial charge in [-0.25, -0.2) is 0 Å². The molecule has 0 saturated carbocycles. The summed E-state index contributed by atoms with van der Waals surface area (Å²) < 4.78 is 0. The average Bonchev–Trinajstić information content (AvgIpc) is 2.73. The van der Waals surface area contributed by atoms with Crippen LogP contribution in [0.2, 0.25) is 0 Å². The minimum atomic E-state index is -0.102. The first-order valence-electron chi connectivity index (χ1n) is 6.90. The first kappa shape index (κ1) is 18.1. The number of nitrogen functional groups attached to an aromatic ring is 1. The van der Waals surface area contributed by atoms with Gasteiger partial charge in [0.1, 0.15) is 9.88 Å². The van der Waals surface area contributed by atoms with Crippen molar-refractivity contribution in [1.82, 2.24) is 10.2 Å². The van der Waals surface area contributed by atoms with E-state index in [2.05, 4.69) is 43.5 Å². The van der Waals surface area contributed by atoms with E-state index < -0.39 is 0 Å². The molecule has 0 spiro atoms. The number of likely N-dealkylation sites (N-methyl/N-ethyl adjacent to an activating group) is 1. The SMILES string of the molecule is CCNC(=O)c1sc(NCC(C)(C)N(C)C)c(SC)c1N. The van der Waals surface area contributed by atoms with Gasteiger partial charge in [-0.05, 0) is 41.1 Å². The largest absolute Gasteiger partial charge is 0.396 e. The molecule has 120 valence electrons. The summed E-state index contributed by atoms with van der Waals surface area (Å²) in [5, 5.41) is 7.21. The zero-order valence-electron chi connectivity index (χ0n) is 13.7. The molecule has 0 radical (unpaired) electrons. The van der Waals surface area contributed by atoms with Crippen LogP contribution in [0.4, 0.5) is 10.7 Å². The molecule has 21 heavy (non-hydrogen) atoms. The summed E-state index contributed by atoms with van der Waals surface area (Å²) in [6.45, 7) is 7.61. The molecule has 0 bridgehead atoms. The molecule has 1 aromatic heterocycles. The average molecular weight is 331 g/mol. The van der Waals surface area contributed by atoms with Crippen LogP contribution >= 0.6 is 23.1 Å². The second-order valence-corrected chi connectivity index (χ2v) is 7.46. The fourth-order valence-corrected chi connectivity index (χ4v) is 3.56. The van der Waals surface area contributed by atoms with Gasteiger partial charge in [-0.15, -0.1) is 23.1 Å². The highest BCUT2D eigenvalue weighted by molar-refractivity contribution is 7.99. The van der Waals surface area contributed by atoms with Crippen molar-refractivity contribution in [3.05, 3.63) is 4.88 Å². The number of nitrogens with zero attached hydrogens (tertiary/aromatic N) is 1. The number of amides is 1. The van der Waals surface area contributed by atoms with E-state index in [1.54, 1.807) is 11.8 Å². The lowest BCUT2D eigenvalue weighted by molar-refractivity contribution is 0.0960. The maximum absolute atomic E-state index is 12.0. The minimum Gasteiger partial charge on any atom is -0.396 e. The maximum atomic E-state index is 12.0. The van der Waals surface area contributed by atoms with Gasteiger partial charge in [-0.3, -0.25) is 4.79 Å². The van der Waals surface area contributed by atoms with E-state index >= 15 is 0 Å². The van der Waals surface area contributed by atoms with Gasteiger partial charge in [0.05, 0.1) is 10.6 Å². The van der Waals surface area contributed by atoms with E-state index in [-0.39, 0.29) is 11.4 Å². The van der Waals surface area contributed by atoms with Crippen molar-refractivity contribution in [2.24, 2.45) is 0 Å². The van der Waals surface area contributed by atoms with E-state index in [0.29, 0.717) is 17.1 Å². The Morgan fingerprint density at radius 3 is 2.52 bits per heavy atom. The lowest BCUT2D eigenvalue weighted by Gasteiger charge is -2.32. The van der Waals surface area contributed by atoms with Crippen molar-refractivity contribution in [2.75, 3.05) is 44.5 Å². The number of thioether (sulfide) groups is 1. The molecule has 0 atom stereocenters. The molecule has 4 N–H and O–H groups in total. The molecule has 0 aromatic carbocycles. The third-order valence-corrected chi connectivity index (χ3v) is 5.66. The van der Waals surface area contributed by atoms with Gasteiger partial charge in [0.25, 0.3) is 5.91 Å².